The summed E-state index contributed by atoms with van der Waals surface area (Å²) < 4.78 is 0. The largest absolute Gasteiger partial charge is 0.329 e. The molecule has 1 saturated carbocycles. The first kappa shape index (κ1) is 7.56. The lowest BCUT2D eigenvalue weighted by Gasteiger charge is -2.49. The van der Waals surface area contributed by atoms with Gasteiger partial charge in [-0.1, -0.05) is 0 Å². The first-order valence-corrected chi connectivity index (χ1v) is 4.73. The van der Waals surface area contributed by atoms with Crippen molar-refractivity contribution in [2.24, 2.45) is 17.6 Å². The fraction of sp³-hybridized carbons (Fsp3) is 1.00. The molecular formula is C9H18N2. The molecule has 0 aromatic rings. The van der Waals surface area contributed by atoms with Crippen molar-refractivity contribution in [3.05, 3.63) is 0 Å². The van der Waals surface area contributed by atoms with E-state index in [1.807, 2.05) is 0 Å². The Hall–Kier alpha value is -0.0800. The summed E-state index contributed by atoms with van der Waals surface area (Å²) in [4.78, 5) is 2.56. The van der Waals surface area contributed by atoms with Gasteiger partial charge in [-0.3, -0.25) is 4.90 Å². The van der Waals surface area contributed by atoms with Crippen molar-refractivity contribution in [2.75, 3.05) is 19.6 Å². The van der Waals surface area contributed by atoms with Crippen LogP contribution in [0.1, 0.15) is 19.8 Å². The number of rotatable bonds is 2. The fourth-order valence-corrected chi connectivity index (χ4v) is 2.42. The average Bonchev–Trinajstić information content (AvgIpc) is 2.02. The molecule has 0 radical (unpaired) electrons. The van der Waals surface area contributed by atoms with Crippen LogP contribution in [0.4, 0.5) is 0 Å². The van der Waals surface area contributed by atoms with Crippen molar-refractivity contribution < 1.29 is 0 Å². The third kappa shape index (κ3) is 1.30. The van der Waals surface area contributed by atoms with E-state index in [1.165, 1.54) is 25.9 Å². The maximum absolute atomic E-state index is 5.62. The van der Waals surface area contributed by atoms with Crippen molar-refractivity contribution >= 4 is 0 Å². The topological polar surface area (TPSA) is 29.3 Å². The van der Waals surface area contributed by atoms with Gasteiger partial charge in [0.15, 0.2) is 0 Å². The SMILES string of the molecule is CC(CN)N1CC2CC(C2)C1. The van der Waals surface area contributed by atoms with E-state index in [0.29, 0.717) is 6.04 Å². The van der Waals surface area contributed by atoms with Crippen molar-refractivity contribution in [2.45, 2.75) is 25.8 Å². The summed E-state index contributed by atoms with van der Waals surface area (Å²) in [5.74, 6) is 2.03. The molecule has 64 valence electrons. The number of piperidine rings is 2. The first-order chi connectivity index (χ1) is 5.29. The second-order valence-corrected chi connectivity index (χ2v) is 4.24. The average molecular weight is 154 g/mol. The zero-order valence-electron chi connectivity index (χ0n) is 7.29. The van der Waals surface area contributed by atoms with Gasteiger partial charge in [-0.2, -0.15) is 0 Å². The van der Waals surface area contributed by atoms with Gasteiger partial charge >= 0.3 is 0 Å². The maximum Gasteiger partial charge on any atom is 0.0190 e. The Morgan fingerprint density at radius 3 is 2.36 bits per heavy atom. The fourth-order valence-electron chi connectivity index (χ4n) is 2.42. The smallest absolute Gasteiger partial charge is 0.0190 e. The standard InChI is InChI=1S/C9H18N2/c1-7(4-10)11-5-8-2-9(3-8)6-11/h7-9H,2-6,10H2,1H3. The lowest BCUT2D eigenvalue weighted by Crippen LogP contribution is -2.53. The molecule has 3 aliphatic rings. The summed E-state index contributed by atoms with van der Waals surface area (Å²) in [7, 11) is 0. The van der Waals surface area contributed by atoms with Crippen molar-refractivity contribution in [3.63, 3.8) is 0 Å². The van der Waals surface area contributed by atoms with Crippen LogP contribution in [-0.4, -0.2) is 30.6 Å². The van der Waals surface area contributed by atoms with Crippen LogP contribution in [0.3, 0.4) is 0 Å². The van der Waals surface area contributed by atoms with Crippen LogP contribution in [-0.2, 0) is 0 Å². The van der Waals surface area contributed by atoms with Gasteiger partial charge in [-0.25, -0.2) is 0 Å². The monoisotopic (exact) mass is 154 g/mol. The van der Waals surface area contributed by atoms with E-state index in [0.717, 1.165) is 18.4 Å². The van der Waals surface area contributed by atoms with Gasteiger partial charge in [-0.15, -0.1) is 0 Å². The van der Waals surface area contributed by atoms with E-state index in [4.69, 9.17) is 5.73 Å². The van der Waals surface area contributed by atoms with Crippen molar-refractivity contribution in [1.29, 1.82) is 0 Å². The van der Waals surface area contributed by atoms with Crippen LogP contribution in [0.2, 0.25) is 0 Å². The summed E-state index contributed by atoms with van der Waals surface area (Å²) in [5, 5.41) is 0. The predicted molar refractivity (Wildman–Crippen MR) is 46.3 cm³/mol. The van der Waals surface area contributed by atoms with E-state index in [-0.39, 0.29) is 0 Å². The summed E-state index contributed by atoms with van der Waals surface area (Å²) in [6, 6.07) is 0.612. The second-order valence-electron chi connectivity index (χ2n) is 4.24. The summed E-state index contributed by atoms with van der Waals surface area (Å²) in [6.45, 7) is 5.69. The highest BCUT2D eigenvalue weighted by atomic mass is 15.2. The van der Waals surface area contributed by atoms with E-state index in [1.54, 1.807) is 0 Å². The summed E-state index contributed by atoms with van der Waals surface area (Å²) >= 11 is 0. The number of hydrogen-bond donors (Lipinski definition) is 1. The van der Waals surface area contributed by atoms with Gasteiger partial charge in [-0.05, 0) is 31.6 Å². The third-order valence-electron chi connectivity index (χ3n) is 3.28. The third-order valence-corrected chi connectivity index (χ3v) is 3.28. The molecule has 2 aliphatic heterocycles. The Morgan fingerprint density at radius 2 is 1.91 bits per heavy atom. The van der Waals surface area contributed by atoms with Gasteiger partial charge in [0.05, 0.1) is 0 Å². The minimum absolute atomic E-state index is 0.612. The molecule has 2 nitrogen and oxygen atoms in total. The molecule has 0 aromatic heterocycles. The number of nitrogens with two attached hydrogens (primary N) is 1. The zero-order valence-corrected chi connectivity index (χ0v) is 7.29. The molecule has 2 N–H and O–H groups in total. The molecule has 1 aliphatic carbocycles. The Bertz CT molecular complexity index is 130. The van der Waals surface area contributed by atoms with Crippen LogP contribution in [0.5, 0.6) is 0 Å². The maximum atomic E-state index is 5.62. The predicted octanol–water partition coefficient (Wildman–Crippen LogP) is 0.675. The molecule has 11 heavy (non-hydrogen) atoms. The highest BCUT2D eigenvalue weighted by Crippen LogP contribution is 2.39. The molecule has 3 rings (SSSR count). The number of fused-ring (bicyclic) bond motifs is 2. The van der Waals surface area contributed by atoms with Gasteiger partial charge in [0.1, 0.15) is 0 Å². The van der Waals surface area contributed by atoms with Gasteiger partial charge in [0.2, 0.25) is 0 Å². The van der Waals surface area contributed by atoms with Crippen LogP contribution in [0.25, 0.3) is 0 Å². The van der Waals surface area contributed by atoms with Gasteiger partial charge < -0.3 is 5.73 Å². The van der Waals surface area contributed by atoms with E-state index < -0.39 is 0 Å². The van der Waals surface area contributed by atoms with Gasteiger partial charge in [0.25, 0.3) is 0 Å². The van der Waals surface area contributed by atoms with Crippen LogP contribution >= 0.6 is 0 Å². The molecule has 0 spiro atoms. The molecule has 0 amide bonds. The lowest BCUT2D eigenvalue weighted by atomic mass is 9.71. The normalized spacial score (nSPS) is 39.8. The first-order valence-electron chi connectivity index (χ1n) is 4.73. The van der Waals surface area contributed by atoms with Crippen LogP contribution < -0.4 is 5.73 Å². The highest BCUT2D eigenvalue weighted by molar-refractivity contribution is 4.91. The van der Waals surface area contributed by atoms with E-state index >= 15 is 0 Å². The second kappa shape index (κ2) is 2.76. The Balaban J connectivity index is 1.87. The molecule has 2 saturated heterocycles. The van der Waals surface area contributed by atoms with Crippen molar-refractivity contribution in [3.8, 4) is 0 Å². The summed E-state index contributed by atoms with van der Waals surface area (Å²) in [5.41, 5.74) is 5.62. The Kier molecular flexibility index (Phi) is 1.90. The quantitative estimate of drug-likeness (QED) is 0.633. The molecule has 3 fully saturated rings. The molecule has 1 unspecified atom stereocenters. The Morgan fingerprint density at radius 1 is 1.36 bits per heavy atom. The van der Waals surface area contributed by atoms with E-state index in [2.05, 4.69) is 11.8 Å². The molecular weight excluding hydrogens is 136 g/mol. The van der Waals surface area contributed by atoms with E-state index in [9.17, 15) is 0 Å². The number of hydrogen-bond acceptors (Lipinski definition) is 2. The molecule has 1 atom stereocenters. The minimum Gasteiger partial charge on any atom is -0.329 e. The summed E-state index contributed by atoms with van der Waals surface area (Å²) in [6.07, 6.45) is 2.99. The number of nitrogens with zero attached hydrogens (tertiary/aromatic N) is 1. The molecule has 2 heterocycles. The molecule has 2 bridgehead atoms. The molecule has 2 heteroatoms. The molecule has 0 aromatic carbocycles. The highest BCUT2D eigenvalue weighted by Gasteiger charge is 2.37. The minimum atomic E-state index is 0.612. The van der Waals surface area contributed by atoms with Gasteiger partial charge in [0, 0.05) is 25.7 Å². The zero-order chi connectivity index (χ0) is 7.84. The van der Waals surface area contributed by atoms with Crippen molar-refractivity contribution in [1.82, 2.24) is 4.90 Å². The lowest BCUT2D eigenvalue weighted by molar-refractivity contribution is 0.00765. The van der Waals surface area contributed by atoms with Crippen LogP contribution in [0, 0.1) is 11.8 Å². The van der Waals surface area contributed by atoms with Crippen LogP contribution in [0.15, 0.2) is 0 Å². The Labute approximate surface area is 68.7 Å².